The van der Waals surface area contributed by atoms with Crippen molar-refractivity contribution in [3.05, 3.63) is 23.8 Å². The van der Waals surface area contributed by atoms with Crippen LogP contribution >= 0.6 is 0 Å². The van der Waals surface area contributed by atoms with E-state index in [0.29, 0.717) is 6.04 Å². The second kappa shape index (κ2) is 7.24. The zero-order valence-corrected chi connectivity index (χ0v) is 12.0. The van der Waals surface area contributed by atoms with Crippen molar-refractivity contribution < 1.29 is 9.47 Å². The lowest BCUT2D eigenvalue weighted by Crippen LogP contribution is -2.31. The Morgan fingerprint density at radius 1 is 1.17 bits per heavy atom. The number of hydrogen-bond acceptors (Lipinski definition) is 4. The molecule has 0 aliphatic rings. The van der Waals surface area contributed by atoms with Crippen molar-refractivity contribution in [1.82, 2.24) is 10.2 Å². The van der Waals surface area contributed by atoms with Crippen LogP contribution < -0.4 is 14.8 Å². The van der Waals surface area contributed by atoms with Gasteiger partial charge in [-0.15, -0.1) is 0 Å². The molecular weight excluding hydrogens is 228 g/mol. The van der Waals surface area contributed by atoms with Crippen LogP contribution in [0.5, 0.6) is 11.5 Å². The molecule has 0 radical (unpaired) electrons. The fraction of sp³-hybridized carbons (Fsp3) is 0.571. The molecule has 0 saturated carbocycles. The van der Waals surface area contributed by atoms with Crippen LogP contribution in [0.25, 0.3) is 0 Å². The Hall–Kier alpha value is -1.26. The second-order valence-electron chi connectivity index (χ2n) is 4.29. The second-order valence-corrected chi connectivity index (χ2v) is 4.29. The van der Waals surface area contributed by atoms with Crippen LogP contribution in [0.4, 0.5) is 0 Å². The van der Waals surface area contributed by atoms with Crippen molar-refractivity contribution in [2.24, 2.45) is 0 Å². The molecule has 1 rings (SSSR count). The van der Waals surface area contributed by atoms with E-state index in [2.05, 4.69) is 36.3 Å². The average Bonchev–Trinajstić information content (AvgIpc) is 2.43. The number of nitrogens with one attached hydrogen (secondary N) is 1. The van der Waals surface area contributed by atoms with Crippen molar-refractivity contribution in [3.63, 3.8) is 0 Å². The lowest BCUT2D eigenvalue weighted by atomic mass is 10.0. The first-order valence-corrected chi connectivity index (χ1v) is 6.24. The Labute approximate surface area is 110 Å². The minimum atomic E-state index is 0.309. The van der Waals surface area contributed by atoms with E-state index in [1.807, 2.05) is 13.1 Å². The van der Waals surface area contributed by atoms with E-state index in [0.717, 1.165) is 24.6 Å². The highest BCUT2D eigenvalue weighted by molar-refractivity contribution is 5.40. The summed E-state index contributed by atoms with van der Waals surface area (Å²) in [5.41, 5.74) is 1.20. The Kier molecular flexibility index (Phi) is 5.95. The maximum absolute atomic E-state index is 5.32. The van der Waals surface area contributed by atoms with E-state index >= 15 is 0 Å². The molecule has 4 nitrogen and oxygen atoms in total. The first kappa shape index (κ1) is 14.8. The molecule has 18 heavy (non-hydrogen) atoms. The van der Waals surface area contributed by atoms with Crippen LogP contribution in [0.2, 0.25) is 0 Å². The molecule has 1 N–H and O–H groups in total. The molecule has 0 heterocycles. The number of likely N-dealkylation sites (N-methyl/N-ethyl adjacent to an activating group) is 2. The Morgan fingerprint density at radius 3 is 2.11 bits per heavy atom. The van der Waals surface area contributed by atoms with Gasteiger partial charge >= 0.3 is 0 Å². The smallest absolute Gasteiger partial charge is 0.122 e. The van der Waals surface area contributed by atoms with Crippen LogP contribution in [0.1, 0.15) is 18.5 Å². The number of ether oxygens (including phenoxy) is 2. The average molecular weight is 252 g/mol. The molecule has 0 aromatic heterocycles. The maximum atomic E-state index is 5.32. The molecule has 0 aliphatic heterocycles. The van der Waals surface area contributed by atoms with Crippen LogP contribution in [0.3, 0.4) is 0 Å². The third kappa shape index (κ3) is 3.62. The molecule has 4 heteroatoms. The van der Waals surface area contributed by atoms with Gasteiger partial charge < -0.3 is 14.8 Å². The summed E-state index contributed by atoms with van der Waals surface area (Å²) in [6.45, 7) is 4.03. The quantitative estimate of drug-likeness (QED) is 0.804. The molecule has 1 aromatic rings. The van der Waals surface area contributed by atoms with Crippen molar-refractivity contribution in [2.75, 3.05) is 41.4 Å². The van der Waals surface area contributed by atoms with Crippen LogP contribution in [-0.2, 0) is 0 Å². The lowest BCUT2D eigenvalue weighted by Gasteiger charge is -2.27. The van der Waals surface area contributed by atoms with E-state index in [9.17, 15) is 0 Å². The molecule has 102 valence electrons. The van der Waals surface area contributed by atoms with Crippen LogP contribution in [0.15, 0.2) is 18.2 Å². The highest BCUT2D eigenvalue weighted by atomic mass is 16.5. The number of hydrogen-bond donors (Lipinski definition) is 1. The number of methoxy groups -OCH3 is 2. The van der Waals surface area contributed by atoms with E-state index in [1.54, 1.807) is 14.2 Å². The van der Waals surface area contributed by atoms with E-state index in [1.165, 1.54) is 5.56 Å². The van der Waals surface area contributed by atoms with Gasteiger partial charge in [-0.05, 0) is 38.3 Å². The van der Waals surface area contributed by atoms with E-state index < -0.39 is 0 Å². The molecular formula is C14H24N2O2. The molecule has 0 aliphatic carbocycles. The molecule has 0 amide bonds. The first-order chi connectivity index (χ1) is 8.65. The maximum Gasteiger partial charge on any atom is 0.122 e. The SMILES string of the molecule is CCN(C)C(CNC)c1cc(OC)cc(OC)c1. The monoisotopic (exact) mass is 252 g/mol. The summed E-state index contributed by atoms with van der Waals surface area (Å²) in [5.74, 6) is 1.66. The summed E-state index contributed by atoms with van der Waals surface area (Å²) in [7, 11) is 7.44. The predicted octanol–water partition coefficient (Wildman–Crippen LogP) is 1.92. The third-order valence-electron chi connectivity index (χ3n) is 3.19. The Morgan fingerprint density at radius 2 is 1.72 bits per heavy atom. The highest BCUT2D eigenvalue weighted by Crippen LogP contribution is 2.28. The lowest BCUT2D eigenvalue weighted by molar-refractivity contribution is 0.252. The van der Waals surface area contributed by atoms with Gasteiger partial charge in [0.05, 0.1) is 14.2 Å². The number of rotatable bonds is 7. The summed E-state index contributed by atoms with van der Waals surface area (Å²) >= 11 is 0. The van der Waals surface area contributed by atoms with Gasteiger partial charge in [-0.25, -0.2) is 0 Å². The van der Waals surface area contributed by atoms with Gasteiger partial charge in [0.15, 0.2) is 0 Å². The fourth-order valence-corrected chi connectivity index (χ4v) is 1.96. The van der Waals surface area contributed by atoms with Gasteiger partial charge in [-0.3, -0.25) is 4.90 Å². The van der Waals surface area contributed by atoms with Crippen molar-refractivity contribution in [1.29, 1.82) is 0 Å². The van der Waals surface area contributed by atoms with Gasteiger partial charge in [0.2, 0.25) is 0 Å². The Bertz CT molecular complexity index is 347. The summed E-state index contributed by atoms with van der Waals surface area (Å²) in [5, 5.41) is 3.23. The fourth-order valence-electron chi connectivity index (χ4n) is 1.96. The zero-order chi connectivity index (χ0) is 13.5. The number of nitrogens with zero attached hydrogens (tertiary/aromatic N) is 1. The standard InChI is InChI=1S/C14H24N2O2/c1-6-16(3)14(10-15-2)11-7-12(17-4)9-13(8-11)18-5/h7-9,14-15H,6,10H2,1-5H3. The topological polar surface area (TPSA) is 33.7 Å². The van der Waals surface area contributed by atoms with E-state index in [4.69, 9.17) is 9.47 Å². The normalized spacial score (nSPS) is 12.6. The predicted molar refractivity (Wildman–Crippen MR) is 74.5 cm³/mol. The summed E-state index contributed by atoms with van der Waals surface area (Å²) in [4.78, 5) is 2.30. The molecule has 0 fully saturated rings. The molecule has 1 aromatic carbocycles. The van der Waals surface area contributed by atoms with Crippen molar-refractivity contribution >= 4 is 0 Å². The highest BCUT2D eigenvalue weighted by Gasteiger charge is 2.16. The Balaban J connectivity index is 3.09. The molecule has 1 unspecified atom stereocenters. The summed E-state index contributed by atoms with van der Waals surface area (Å²) in [6, 6.07) is 6.34. The summed E-state index contributed by atoms with van der Waals surface area (Å²) < 4.78 is 10.6. The van der Waals surface area contributed by atoms with E-state index in [-0.39, 0.29) is 0 Å². The van der Waals surface area contributed by atoms with Gasteiger partial charge in [-0.2, -0.15) is 0 Å². The van der Waals surface area contributed by atoms with Crippen molar-refractivity contribution in [3.8, 4) is 11.5 Å². The minimum absolute atomic E-state index is 0.309. The third-order valence-corrected chi connectivity index (χ3v) is 3.19. The first-order valence-electron chi connectivity index (χ1n) is 6.24. The van der Waals surface area contributed by atoms with Gasteiger partial charge in [0.1, 0.15) is 11.5 Å². The minimum Gasteiger partial charge on any atom is -0.497 e. The molecule has 1 atom stereocenters. The summed E-state index contributed by atoms with van der Waals surface area (Å²) in [6.07, 6.45) is 0. The van der Waals surface area contributed by atoms with Gasteiger partial charge in [0, 0.05) is 18.7 Å². The zero-order valence-electron chi connectivity index (χ0n) is 12.0. The van der Waals surface area contributed by atoms with Crippen molar-refractivity contribution in [2.45, 2.75) is 13.0 Å². The molecule has 0 saturated heterocycles. The van der Waals surface area contributed by atoms with Gasteiger partial charge in [0.25, 0.3) is 0 Å². The van der Waals surface area contributed by atoms with Crippen LogP contribution in [0, 0.1) is 0 Å². The largest absolute Gasteiger partial charge is 0.497 e. The van der Waals surface area contributed by atoms with Gasteiger partial charge in [-0.1, -0.05) is 6.92 Å². The van der Waals surface area contributed by atoms with Crippen LogP contribution in [-0.4, -0.2) is 46.3 Å². The molecule has 0 spiro atoms. The number of benzene rings is 1. The molecule has 0 bridgehead atoms.